The van der Waals surface area contributed by atoms with Crippen LogP contribution in [0.2, 0.25) is 0 Å². The zero-order valence-corrected chi connectivity index (χ0v) is 41.6. The second-order valence-electron chi connectivity index (χ2n) is 18.6. The quantitative estimate of drug-likeness (QED) is 0.117. The molecule has 0 bridgehead atoms. The van der Waals surface area contributed by atoms with E-state index in [1.807, 2.05) is 18.2 Å². The van der Waals surface area contributed by atoms with Crippen molar-refractivity contribution in [3.63, 3.8) is 0 Å². The Labute approximate surface area is 392 Å². The third-order valence-electron chi connectivity index (χ3n) is 14.1. The van der Waals surface area contributed by atoms with Crippen LogP contribution in [0.15, 0.2) is 121 Å². The van der Waals surface area contributed by atoms with Crippen LogP contribution >= 0.6 is 22.4 Å². The van der Waals surface area contributed by atoms with Gasteiger partial charge in [0, 0.05) is 5.69 Å². The molecule has 8 aromatic carbocycles. The summed E-state index contributed by atoms with van der Waals surface area (Å²) in [4.78, 5) is 12.6. The lowest BCUT2D eigenvalue weighted by Gasteiger charge is -2.34. The van der Waals surface area contributed by atoms with Crippen LogP contribution in [0.25, 0.3) is 66.7 Å². The van der Waals surface area contributed by atoms with E-state index in [1.54, 1.807) is 0 Å². The van der Waals surface area contributed by atoms with Crippen LogP contribution in [0.3, 0.4) is 0 Å². The van der Waals surface area contributed by atoms with Crippen LogP contribution in [0.1, 0.15) is 61.2 Å². The highest BCUT2D eigenvalue weighted by Crippen LogP contribution is 2.49. The summed E-state index contributed by atoms with van der Waals surface area (Å²) < 4.78 is 0. The number of fused-ring (bicyclic) bond motifs is 3. The summed E-state index contributed by atoms with van der Waals surface area (Å²) in [5.74, 6) is 0. The monoisotopic (exact) mass is 895 g/mol. The van der Waals surface area contributed by atoms with Crippen LogP contribution in [0.4, 0.5) is 17.1 Å². The maximum absolute atomic E-state index is 5.11. The normalized spacial score (nSPS) is 13.7. The molecular weight excluding hydrogens is 843 g/mol. The Bertz CT molecular complexity index is 3440. The van der Waals surface area contributed by atoms with Crippen molar-refractivity contribution in [3.8, 4) is 22.3 Å². The van der Waals surface area contributed by atoms with Crippen LogP contribution in [0, 0.1) is 55.4 Å². The van der Waals surface area contributed by atoms with E-state index >= 15 is 0 Å². The average molecular weight is 896 g/mol. The molecule has 0 fully saturated rings. The predicted octanol–water partition coefficient (Wildman–Crippen LogP) is 14.9. The number of nitrogens with zero attached hydrogens (tertiary/aromatic N) is 3. The molecule has 9 aromatic rings. The summed E-state index contributed by atoms with van der Waals surface area (Å²) in [5.41, 5.74) is 28.5. The van der Waals surface area contributed by atoms with Gasteiger partial charge in [0.1, 0.15) is 0 Å². The van der Waals surface area contributed by atoms with Crippen molar-refractivity contribution in [1.29, 1.82) is 0 Å². The summed E-state index contributed by atoms with van der Waals surface area (Å²) in [6.07, 6.45) is 5.70. The highest BCUT2D eigenvalue weighted by molar-refractivity contribution is 8.60. The van der Waals surface area contributed by atoms with Crippen LogP contribution < -0.4 is 15.3 Å². The molecule has 0 unspecified atom stereocenters. The van der Waals surface area contributed by atoms with E-state index < -0.39 is 6.37 Å². The van der Waals surface area contributed by atoms with Crippen LogP contribution in [-0.4, -0.2) is 28.9 Å². The number of aromatic nitrogens is 2. The van der Waals surface area contributed by atoms with Crippen molar-refractivity contribution in [1.82, 2.24) is 9.97 Å². The van der Waals surface area contributed by atoms with Gasteiger partial charge in [-0.05, 0) is 210 Å². The first kappa shape index (κ1) is 41.8. The highest BCUT2D eigenvalue weighted by atomic mass is 32.6. The second-order valence-corrected chi connectivity index (χ2v) is 28.6. The molecule has 65 heavy (non-hydrogen) atoms. The van der Waals surface area contributed by atoms with Gasteiger partial charge in [0.25, 0.3) is 0 Å². The molecule has 0 saturated heterocycles. The first-order valence-electron chi connectivity index (χ1n) is 22.7. The van der Waals surface area contributed by atoms with E-state index in [4.69, 9.17) is 9.97 Å². The van der Waals surface area contributed by atoms with E-state index in [0.717, 1.165) is 28.5 Å². The Morgan fingerprint density at radius 1 is 0.508 bits per heavy atom. The minimum Gasteiger partial charge on any atom is -0.309 e. The van der Waals surface area contributed by atoms with Crippen molar-refractivity contribution >= 4 is 101 Å². The second kappa shape index (κ2) is 15.6. The van der Waals surface area contributed by atoms with Gasteiger partial charge < -0.3 is 4.90 Å². The number of rotatable bonds is 7. The first-order chi connectivity index (χ1) is 31.4. The number of hydrogen-bond acceptors (Lipinski definition) is 5. The third kappa shape index (κ3) is 6.54. The largest absolute Gasteiger partial charge is 0.309 e. The molecule has 2 aliphatic rings. The number of aryl methyl sites for hydroxylation is 8. The summed E-state index contributed by atoms with van der Waals surface area (Å²) in [7, 11) is 0. The fraction of sp³-hybridized carbons (Fsp3) is 0.186. The Hall–Kier alpha value is -5.92. The van der Waals surface area contributed by atoms with E-state index in [1.165, 1.54) is 127 Å². The average Bonchev–Trinajstić information content (AvgIpc) is 3.60. The molecule has 2 heterocycles. The third-order valence-corrected chi connectivity index (χ3v) is 26.6. The van der Waals surface area contributed by atoms with Crippen LogP contribution in [0.5, 0.6) is 0 Å². The summed E-state index contributed by atoms with van der Waals surface area (Å²) in [5, 5.41) is 5.75. The van der Waals surface area contributed by atoms with Gasteiger partial charge in [-0.2, -0.15) is 22.4 Å². The van der Waals surface area contributed by atoms with Crippen molar-refractivity contribution < 1.29 is 0 Å². The number of para-hydroxylation sites is 2. The smallest absolute Gasteiger partial charge is 0.240 e. The standard InChI is InChI=1S/C59H53N3S2Si/c1-33-22-37(5)58(38(6)23-33)62(59-39(7)24-34(2)25-40(59)8)53-27-35(3)47(26-36(53)4)42-18-19-43-28-45-29-44-14-13-15-46-48(32-55(57(45)56(44)46)65(63-9,64-10)54(43)31-42)41-20-21-51-52(30-41)61-50-17-12-11-16-49(50)60-51/h11-28,30-32H,29H2,1-10H3. The lowest BCUT2D eigenvalue weighted by atomic mass is 9.93. The number of hydrogen-bond donors (Lipinski definition) is 0. The van der Waals surface area contributed by atoms with Gasteiger partial charge in [0.15, 0.2) is 0 Å². The Balaban J connectivity index is 1.09. The molecule has 320 valence electrons. The molecule has 0 spiro atoms. The Kier molecular flexibility index (Phi) is 10.0. The molecule has 3 nitrogen and oxygen atoms in total. The number of anilines is 3. The van der Waals surface area contributed by atoms with Gasteiger partial charge in [0.05, 0.1) is 33.4 Å². The molecule has 0 amide bonds. The molecule has 0 radical (unpaired) electrons. The predicted molar refractivity (Wildman–Crippen MR) is 288 cm³/mol. The summed E-state index contributed by atoms with van der Waals surface area (Å²) >= 11 is 4.19. The molecule has 0 saturated carbocycles. The molecule has 0 atom stereocenters. The zero-order chi connectivity index (χ0) is 45.1. The zero-order valence-electron chi connectivity index (χ0n) is 39.0. The molecular formula is C59H53N3S2Si. The maximum Gasteiger partial charge on any atom is 0.240 e. The SMILES string of the molecule is CS[Si]1(SC)c2cc(-c3cc(C)c(N(c4c(C)cc(C)cc4C)c4c(C)cc(C)cc4C)cc3C)ccc2C=C2Cc3cccc4c(-c5ccc6nc7ccccc7nc6c5)cc1c2c34. The fourth-order valence-corrected chi connectivity index (χ4v) is 21.3. The fourth-order valence-electron chi connectivity index (χ4n) is 11.5. The Morgan fingerprint density at radius 3 is 1.75 bits per heavy atom. The van der Waals surface area contributed by atoms with Crippen LogP contribution in [-0.2, 0) is 6.42 Å². The number of allylic oxidation sites excluding steroid dienone is 1. The molecule has 1 aliphatic carbocycles. The minimum absolute atomic E-state index is 0.923. The van der Waals surface area contributed by atoms with Crippen molar-refractivity contribution in [2.24, 2.45) is 0 Å². The van der Waals surface area contributed by atoms with Gasteiger partial charge in [-0.1, -0.05) is 102 Å². The van der Waals surface area contributed by atoms with Gasteiger partial charge in [-0.3, -0.25) is 0 Å². The summed E-state index contributed by atoms with van der Waals surface area (Å²) in [6.45, 7) is 18.1. The minimum atomic E-state index is -2.50. The topological polar surface area (TPSA) is 29.0 Å². The van der Waals surface area contributed by atoms with E-state index in [-0.39, 0.29) is 0 Å². The van der Waals surface area contributed by atoms with Crippen molar-refractivity contribution in [2.45, 2.75) is 61.8 Å². The lowest BCUT2D eigenvalue weighted by molar-refractivity contribution is 1.15. The van der Waals surface area contributed by atoms with Gasteiger partial charge >= 0.3 is 0 Å². The van der Waals surface area contributed by atoms with Gasteiger partial charge in [-0.25, -0.2) is 9.97 Å². The van der Waals surface area contributed by atoms with E-state index in [9.17, 15) is 0 Å². The molecule has 0 N–H and O–H groups in total. The van der Waals surface area contributed by atoms with E-state index in [0.29, 0.717) is 0 Å². The van der Waals surface area contributed by atoms with Crippen molar-refractivity contribution in [2.75, 3.05) is 17.4 Å². The first-order valence-corrected chi connectivity index (χ1v) is 28.6. The molecule has 1 aromatic heterocycles. The summed E-state index contributed by atoms with van der Waals surface area (Å²) in [6, 6.07) is 46.0. The lowest BCUT2D eigenvalue weighted by Crippen LogP contribution is -2.54. The Morgan fingerprint density at radius 2 is 1.11 bits per heavy atom. The van der Waals surface area contributed by atoms with Crippen molar-refractivity contribution in [3.05, 3.63) is 183 Å². The maximum atomic E-state index is 5.11. The molecule has 6 heteroatoms. The highest BCUT2D eigenvalue weighted by Gasteiger charge is 2.44. The van der Waals surface area contributed by atoms with Gasteiger partial charge in [-0.15, -0.1) is 0 Å². The van der Waals surface area contributed by atoms with E-state index in [2.05, 4.69) is 204 Å². The molecule has 11 rings (SSSR count). The number of benzene rings is 8. The van der Waals surface area contributed by atoms with Gasteiger partial charge in [0.2, 0.25) is 6.37 Å². The molecule has 1 aliphatic heterocycles.